The largest absolute Gasteiger partial charge is 0.508 e. The number of hydrogen-bond donors (Lipinski definition) is 1. The van der Waals surface area contributed by atoms with Crippen LogP contribution in [0.3, 0.4) is 0 Å². The highest BCUT2D eigenvalue weighted by atomic mass is 16.3. The monoisotopic (exact) mass is 222 g/mol. The first-order chi connectivity index (χ1) is 8.33. The van der Waals surface area contributed by atoms with Crippen molar-refractivity contribution in [3.63, 3.8) is 0 Å². The number of aromatic hydroxyl groups is 1. The van der Waals surface area contributed by atoms with Crippen LogP contribution in [-0.4, -0.2) is 5.11 Å². The second-order valence-electron chi connectivity index (χ2n) is 5.09. The van der Waals surface area contributed by atoms with E-state index in [1.807, 2.05) is 12.1 Å². The molecule has 4 rings (SSSR count). The van der Waals surface area contributed by atoms with Crippen molar-refractivity contribution in [3.8, 4) is 16.9 Å². The molecule has 17 heavy (non-hydrogen) atoms. The summed E-state index contributed by atoms with van der Waals surface area (Å²) in [5.74, 6) is 0.432. The molecule has 2 aromatic carbocycles. The second kappa shape index (κ2) is 3.13. The Balaban J connectivity index is 2.12. The number of rotatable bonds is 0. The summed E-state index contributed by atoms with van der Waals surface area (Å²) in [5, 5.41) is 9.77. The van der Waals surface area contributed by atoms with E-state index in [4.69, 9.17) is 0 Å². The van der Waals surface area contributed by atoms with Crippen LogP contribution in [0.2, 0.25) is 0 Å². The van der Waals surface area contributed by atoms with E-state index < -0.39 is 0 Å². The summed E-state index contributed by atoms with van der Waals surface area (Å²) in [5.41, 5.74) is 8.53. The molecule has 1 nitrogen and oxygen atoms in total. The first-order valence-corrected chi connectivity index (χ1v) is 6.29. The molecule has 0 saturated heterocycles. The van der Waals surface area contributed by atoms with E-state index in [-0.39, 0.29) is 0 Å². The smallest absolute Gasteiger partial charge is 0.116 e. The van der Waals surface area contributed by atoms with Crippen LogP contribution in [0.4, 0.5) is 0 Å². The topological polar surface area (TPSA) is 20.2 Å². The number of aryl methyl sites for hydroxylation is 4. The van der Waals surface area contributed by atoms with Gasteiger partial charge in [-0.2, -0.15) is 0 Å². The average Bonchev–Trinajstić information content (AvgIpc) is 2.35. The standard InChI is InChI=1S/C16H14O/c17-14-8-12-6-4-10-2-1-3-11-5-7-13(9-14)16(12)15(10)11/h1-3,8-9,17H,4-7H2. The predicted molar refractivity (Wildman–Crippen MR) is 68.4 cm³/mol. The zero-order valence-electron chi connectivity index (χ0n) is 9.66. The molecule has 0 heterocycles. The fourth-order valence-corrected chi connectivity index (χ4v) is 3.39. The van der Waals surface area contributed by atoms with Crippen LogP contribution in [0.5, 0.6) is 5.75 Å². The Bertz CT molecular complexity index is 578. The van der Waals surface area contributed by atoms with Gasteiger partial charge in [-0.1, -0.05) is 18.2 Å². The maximum atomic E-state index is 9.77. The van der Waals surface area contributed by atoms with Gasteiger partial charge in [0.05, 0.1) is 0 Å². The van der Waals surface area contributed by atoms with E-state index in [0.29, 0.717) is 5.75 Å². The third kappa shape index (κ3) is 1.20. The second-order valence-corrected chi connectivity index (χ2v) is 5.09. The molecule has 2 aliphatic carbocycles. The van der Waals surface area contributed by atoms with Crippen LogP contribution in [0.25, 0.3) is 11.1 Å². The first-order valence-electron chi connectivity index (χ1n) is 6.29. The molecule has 0 aliphatic heterocycles. The summed E-state index contributed by atoms with van der Waals surface area (Å²) >= 11 is 0. The molecule has 0 atom stereocenters. The third-order valence-electron chi connectivity index (χ3n) is 4.10. The van der Waals surface area contributed by atoms with Crippen LogP contribution in [0, 0.1) is 0 Å². The van der Waals surface area contributed by atoms with Gasteiger partial charge in [-0.3, -0.25) is 0 Å². The maximum Gasteiger partial charge on any atom is 0.116 e. The summed E-state index contributed by atoms with van der Waals surface area (Å²) in [6, 6.07) is 10.6. The van der Waals surface area contributed by atoms with Gasteiger partial charge in [0.25, 0.3) is 0 Å². The number of phenols is 1. The van der Waals surface area contributed by atoms with E-state index in [0.717, 1.165) is 25.7 Å². The van der Waals surface area contributed by atoms with Gasteiger partial charge >= 0.3 is 0 Å². The zero-order chi connectivity index (χ0) is 11.4. The molecule has 0 spiro atoms. The summed E-state index contributed by atoms with van der Waals surface area (Å²) in [7, 11) is 0. The number of hydrogen-bond acceptors (Lipinski definition) is 1. The first kappa shape index (κ1) is 9.29. The summed E-state index contributed by atoms with van der Waals surface area (Å²) in [4.78, 5) is 0. The molecule has 1 N–H and O–H groups in total. The van der Waals surface area contributed by atoms with Gasteiger partial charge in [0.2, 0.25) is 0 Å². The fourth-order valence-electron chi connectivity index (χ4n) is 3.39. The molecule has 0 radical (unpaired) electrons. The SMILES string of the molecule is Oc1cc2c3c(c1)CCc1cccc(c1-3)CC2. The van der Waals surface area contributed by atoms with E-state index in [1.165, 1.54) is 33.4 Å². The molecule has 0 aromatic heterocycles. The van der Waals surface area contributed by atoms with Crippen LogP contribution >= 0.6 is 0 Å². The van der Waals surface area contributed by atoms with Crippen LogP contribution in [-0.2, 0) is 25.7 Å². The van der Waals surface area contributed by atoms with Crippen molar-refractivity contribution >= 4 is 0 Å². The van der Waals surface area contributed by atoms with Crippen molar-refractivity contribution in [3.05, 3.63) is 52.6 Å². The lowest BCUT2D eigenvalue weighted by Crippen LogP contribution is -2.13. The minimum Gasteiger partial charge on any atom is -0.508 e. The number of phenolic OH excluding ortho intramolecular Hbond substituents is 1. The summed E-state index contributed by atoms with van der Waals surface area (Å²) < 4.78 is 0. The minimum atomic E-state index is 0.432. The van der Waals surface area contributed by atoms with Gasteiger partial charge in [-0.05, 0) is 71.2 Å². The Morgan fingerprint density at radius 2 is 1.18 bits per heavy atom. The van der Waals surface area contributed by atoms with Gasteiger partial charge in [0.15, 0.2) is 0 Å². The van der Waals surface area contributed by atoms with E-state index in [2.05, 4.69) is 18.2 Å². The fraction of sp³-hybridized carbons (Fsp3) is 0.250. The Morgan fingerprint density at radius 3 is 1.76 bits per heavy atom. The van der Waals surface area contributed by atoms with Gasteiger partial charge in [0, 0.05) is 0 Å². The van der Waals surface area contributed by atoms with Gasteiger partial charge in [-0.15, -0.1) is 0 Å². The lowest BCUT2D eigenvalue weighted by atomic mass is 9.75. The third-order valence-corrected chi connectivity index (χ3v) is 4.10. The summed E-state index contributed by atoms with van der Waals surface area (Å²) in [6.45, 7) is 0. The Labute approximate surface area is 101 Å². The van der Waals surface area contributed by atoms with Gasteiger partial charge < -0.3 is 5.11 Å². The lowest BCUT2D eigenvalue weighted by molar-refractivity contribution is 0.473. The van der Waals surface area contributed by atoms with Gasteiger partial charge in [0.1, 0.15) is 5.75 Å². The molecule has 0 amide bonds. The highest BCUT2D eigenvalue weighted by molar-refractivity contribution is 5.81. The molecular formula is C16H14O. The number of benzene rings is 2. The van der Waals surface area contributed by atoms with E-state index in [1.54, 1.807) is 0 Å². The Kier molecular flexibility index (Phi) is 1.71. The Hall–Kier alpha value is -1.76. The van der Waals surface area contributed by atoms with Crippen LogP contribution in [0.1, 0.15) is 22.3 Å². The molecule has 84 valence electrons. The summed E-state index contributed by atoms with van der Waals surface area (Å²) in [6.07, 6.45) is 4.35. The average molecular weight is 222 g/mol. The zero-order valence-corrected chi connectivity index (χ0v) is 9.66. The van der Waals surface area contributed by atoms with E-state index >= 15 is 0 Å². The molecule has 2 aromatic rings. The predicted octanol–water partition coefficient (Wildman–Crippen LogP) is 3.26. The van der Waals surface area contributed by atoms with Gasteiger partial charge in [-0.25, -0.2) is 0 Å². The molecule has 2 aliphatic rings. The molecule has 0 saturated carbocycles. The highest BCUT2D eigenvalue weighted by Gasteiger charge is 2.25. The van der Waals surface area contributed by atoms with Crippen molar-refractivity contribution in [1.82, 2.24) is 0 Å². The molecule has 1 heteroatoms. The lowest BCUT2D eigenvalue weighted by Gasteiger charge is -2.29. The maximum absolute atomic E-state index is 9.77. The van der Waals surface area contributed by atoms with Crippen molar-refractivity contribution in [2.75, 3.05) is 0 Å². The van der Waals surface area contributed by atoms with E-state index in [9.17, 15) is 5.11 Å². The van der Waals surface area contributed by atoms with Crippen molar-refractivity contribution < 1.29 is 5.11 Å². The minimum absolute atomic E-state index is 0.432. The normalized spacial score (nSPS) is 15.5. The van der Waals surface area contributed by atoms with Crippen molar-refractivity contribution in [2.24, 2.45) is 0 Å². The van der Waals surface area contributed by atoms with Crippen molar-refractivity contribution in [2.45, 2.75) is 25.7 Å². The highest BCUT2D eigenvalue weighted by Crippen LogP contribution is 2.43. The molecule has 0 fully saturated rings. The Morgan fingerprint density at radius 1 is 0.706 bits per heavy atom. The molecular weight excluding hydrogens is 208 g/mol. The van der Waals surface area contributed by atoms with Crippen molar-refractivity contribution in [1.29, 1.82) is 0 Å². The quantitative estimate of drug-likeness (QED) is 0.725. The van der Waals surface area contributed by atoms with Crippen LogP contribution in [0.15, 0.2) is 30.3 Å². The molecule has 0 bridgehead atoms. The molecule has 0 unspecified atom stereocenters. The van der Waals surface area contributed by atoms with Crippen LogP contribution < -0.4 is 0 Å².